The molecule has 0 bridgehead atoms. The summed E-state index contributed by atoms with van der Waals surface area (Å²) < 4.78 is 24.4. The van der Waals surface area contributed by atoms with Crippen LogP contribution in [0.1, 0.15) is 48.5 Å². The van der Waals surface area contributed by atoms with E-state index in [4.69, 9.17) is 21.7 Å². The molecule has 0 heterocycles. The summed E-state index contributed by atoms with van der Waals surface area (Å²) >= 11 is 5.05. The summed E-state index contributed by atoms with van der Waals surface area (Å²) in [6, 6.07) is 4.25. The lowest BCUT2D eigenvalue weighted by Gasteiger charge is -2.24. The molecule has 0 aliphatic heterocycles. The zero-order valence-electron chi connectivity index (χ0n) is 15.3. The van der Waals surface area contributed by atoms with Gasteiger partial charge in [0, 0.05) is 6.07 Å². The average molecular weight is 344 g/mol. The Morgan fingerprint density at radius 1 is 1.22 bits per heavy atom. The molecular weight excluding hydrogens is 313 g/mol. The highest BCUT2D eigenvalue weighted by atomic mass is 32.1. The molecule has 0 fully saturated rings. The number of halogens is 1. The molecule has 1 aromatic carbocycles. The van der Waals surface area contributed by atoms with Crippen molar-refractivity contribution in [3.05, 3.63) is 37.2 Å². The molecule has 0 saturated heterocycles. The van der Waals surface area contributed by atoms with Crippen molar-refractivity contribution < 1.29 is 13.9 Å². The molecule has 23 heavy (non-hydrogen) atoms. The molecule has 1 N–H and O–H groups in total. The third-order valence-electron chi connectivity index (χ3n) is 1.94. The highest BCUT2D eigenvalue weighted by Crippen LogP contribution is 2.29. The Morgan fingerprint density at radius 2 is 1.74 bits per heavy atom. The van der Waals surface area contributed by atoms with Crippen molar-refractivity contribution in [1.29, 1.82) is 0 Å². The van der Waals surface area contributed by atoms with Crippen molar-refractivity contribution in [2.24, 2.45) is 0 Å². The fourth-order valence-corrected chi connectivity index (χ4v) is 1.67. The molecule has 3 nitrogen and oxygen atoms in total. The second kappa shape index (κ2) is 11.9. The third-order valence-corrected chi connectivity index (χ3v) is 2.14. The molecular formula is C18H30FNO2S. The van der Waals surface area contributed by atoms with E-state index in [-0.39, 0.29) is 22.7 Å². The van der Waals surface area contributed by atoms with Gasteiger partial charge in [0.05, 0.1) is 11.8 Å². The minimum atomic E-state index is -0.380. The van der Waals surface area contributed by atoms with Crippen LogP contribution < -0.4 is 10.1 Å². The summed E-state index contributed by atoms with van der Waals surface area (Å²) in [7, 11) is 0. The van der Waals surface area contributed by atoms with E-state index in [1.165, 1.54) is 12.1 Å². The van der Waals surface area contributed by atoms with Gasteiger partial charge in [0.1, 0.15) is 17.2 Å². The maximum absolute atomic E-state index is 13.3. The second-order valence-electron chi connectivity index (χ2n) is 5.43. The lowest BCUT2D eigenvalue weighted by atomic mass is 10.2. The van der Waals surface area contributed by atoms with Crippen LogP contribution in [0.15, 0.2) is 31.4 Å². The Bertz CT molecular complexity index is 471. The first-order chi connectivity index (χ1) is 10.7. The van der Waals surface area contributed by atoms with Crippen LogP contribution in [-0.4, -0.2) is 16.9 Å². The summed E-state index contributed by atoms with van der Waals surface area (Å²) in [6.07, 6.45) is -0.0412. The summed E-state index contributed by atoms with van der Waals surface area (Å²) in [5.41, 5.74) is 0.0787. The van der Waals surface area contributed by atoms with Gasteiger partial charge in [0.2, 0.25) is 0 Å². The van der Waals surface area contributed by atoms with E-state index < -0.39 is 0 Å². The number of benzene rings is 1. The van der Waals surface area contributed by atoms with Gasteiger partial charge in [-0.3, -0.25) is 0 Å². The van der Waals surface area contributed by atoms with Crippen LogP contribution >= 0.6 is 12.2 Å². The number of nitrogens with one attached hydrogen (secondary N) is 1. The number of ether oxygens (including phenoxy) is 2. The van der Waals surface area contributed by atoms with Crippen LogP contribution in [0, 0.1) is 5.82 Å². The fourth-order valence-electron chi connectivity index (χ4n) is 1.37. The standard InChI is InChI=1S/C14H20FNO2S.C2H6.C2H4/c1-9(2)17-13(19)16-11-8-10(15)6-7-12(11)18-14(3,4)5;2*1-2/h6-9H,1-5H3,(H,16,19);1-2H3;1-2H2. The molecule has 0 spiro atoms. The van der Waals surface area contributed by atoms with E-state index in [0.29, 0.717) is 11.4 Å². The summed E-state index contributed by atoms with van der Waals surface area (Å²) in [5.74, 6) is 0.166. The van der Waals surface area contributed by atoms with Crippen LogP contribution in [0.3, 0.4) is 0 Å². The maximum Gasteiger partial charge on any atom is 0.261 e. The monoisotopic (exact) mass is 343 g/mol. The molecule has 132 valence electrons. The summed E-state index contributed by atoms with van der Waals surface area (Å²) in [5, 5.41) is 3.04. The van der Waals surface area contributed by atoms with E-state index >= 15 is 0 Å². The number of hydrogen-bond donors (Lipinski definition) is 1. The van der Waals surface area contributed by atoms with E-state index in [9.17, 15) is 4.39 Å². The molecule has 5 heteroatoms. The number of hydrogen-bond acceptors (Lipinski definition) is 3. The maximum atomic E-state index is 13.3. The first-order valence-electron chi connectivity index (χ1n) is 7.63. The van der Waals surface area contributed by atoms with Crippen molar-refractivity contribution >= 4 is 23.1 Å². The van der Waals surface area contributed by atoms with Crippen molar-refractivity contribution in [3.63, 3.8) is 0 Å². The Morgan fingerprint density at radius 3 is 2.17 bits per heavy atom. The van der Waals surface area contributed by atoms with Crippen LogP contribution in [0.5, 0.6) is 5.75 Å². The molecule has 0 aliphatic rings. The van der Waals surface area contributed by atoms with Gasteiger partial charge in [-0.1, -0.05) is 13.8 Å². The zero-order valence-corrected chi connectivity index (χ0v) is 16.1. The first kappa shape index (κ1) is 23.6. The molecule has 1 aromatic rings. The largest absolute Gasteiger partial charge is 0.486 e. The van der Waals surface area contributed by atoms with Gasteiger partial charge >= 0.3 is 0 Å². The minimum Gasteiger partial charge on any atom is -0.486 e. The quantitative estimate of drug-likeness (QED) is 0.542. The van der Waals surface area contributed by atoms with Gasteiger partial charge in [-0.25, -0.2) is 4.39 Å². The van der Waals surface area contributed by atoms with E-state index in [0.717, 1.165) is 0 Å². The van der Waals surface area contributed by atoms with Crippen LogP contribution in [0.2, 0.25) is 0 Å². The van der Waals surface area contributed by atoms with Crippen molar-refractivity contribution in [1.82, 2.24) is 0 Å². The van der Waals surface area contributed by atoms with Crippen LogP contribution in [0.4, 0.5) is 10.1 Å². The van der Waals surface area contributed by atoms with Gasteiger partial charge in [-0.05, 0) is 59.0 Å². The lowest BCUT2D eigenvalue weighted by molar-refractivity contribution is 0.131. The van der Waals surface area contributed by atoms with Crippen LogP contribution in [-0.2, 0) is 4.74 Å². The fraction of sp³-hybridized carbons (Fsp3) is 0.500. The minimum absolute atomic E-state index is 0.0412. The number of rotatable bonds is 3. The summed E-state index contributed by atoms with van der Waals surface area (Å²) in [6.45, 7) is 19.5. The molecule has 0 amide bonds. The van der Waals surface area contributed by atoms with Crippen LogP contribution in [0.25, 0.3) is 0 Å². The Hall–Kier alpha value is -1.62. The number of thiocarbonyl (C=S) groups is 1. The smallest absolute Gasteiger partial charge is 0.261 e. The molecule has 1 rings (SSSR count). The molecule has 0 aliphatic carbocycles. The van der Waals surface area contributed by atoms with Gasteiger partial charge < -0.3 is 14.8 Å². The Kier molecular flexibility index (Phi) is 12.2. The van der Waals surface area contributed by atoms with Gasteiger partial charge in [-0.2, -0.15) is 0 Å². The normalized spacial score (nSPS) is 9.78. The zero-order chi connectivity index (χ0) is 18.6. The second-order valence-corrected chi connectivity index (χ2v) is 5.80. The van der Waals surface area contributed by atoms with E-state index in [1.807, 2.05) is 48.5 Å². The molecule has 0 atom stereocenters. The molecule has 0 saturated carbocycles. The van der Waals surface area contributed by atoms with E-state index in [1.54, 1.807) is 6.07 Å². The molecule has 0 radical (unpaired) electrons. The number of anilines is 1. The highest BCUT2D eigenvalue weighted by molar-refractivity contribution is 7.80. The SMILES string of the molecule is C=C.CC.CC(C)OC(=S)Nc1cc(F)ccc1OC(C)(C)C. The van der Waals surface area contributed by atoms with Gasteiger partial charge in [0.25, 0.3) is 5.17 Å². The first-order valence-corrected chi connectivity index (χ1v) is 8.04. The van der Waals surface area contributed by atoms with Crippen molar-refractivity contribution in [3.8, 4) is 5.75 Å². The van der Waals surface area contributed by atoms with Crippen molar-refractivity contribution in [2.75, 3.05) is 5.32 Å². The van der Waals surface area contributed by atoms with Gasteiger partial charge in [-0.15, -0.1) is 13.2 Å². The molecule has 0 unspecified atom stereocenters. The van der Waals surface area contributed by atoms with E-state index in [2.05, 4.69) is 18.5 Å². The average Bonchev–Trinajstić information content (AvgIpc) is 2.44. The predicted octanol–water partition coefficient (Wildman–Crippen LogP) is 5.95. The predicted molar refractivity (Wildman–Crippen MR) is 102 cm³/mol. The third kappa shape index (κ3) is 11.6. The van der Waals surface area contributed by atoms with Crippen molar-refractivity contribution in [2.45, 2.75) is 60.2 Å². The summed E-state index contributed by atoms with van der Waals surface area (Å²) in [4.78, 5) is 0. The lowest BCUT2D eigenvalue weighted by Crippen LogP contribution is -2.24. The molecule has 0 aromatic heterocycles. The van der Waals surface area contributed by atoms with Gasteiger partial charge in [0.15, 0.2) is 0 Å². The Labute approximate surface area is 145 Å². The Balaban J connectivity index is 0. The highest BCUT2D eigenvalue weighted by Gasteiger charge is 2.16. The topological polar surface area (TPSA) is 30.5 Å².